The van der Waals surface area contributed by atoms with Gasteiger partial charge < -0.3 is 4.74 Å². The molecule has 0 bridgehead atoms. The lowest BCUT2D eigenvalue weighted by Crippen LogP contribution is -2.38. The molecule has 0 amide bonds. The Morgan fingerprint density at radius 3 is 3.11 bits per heavy atom. The number of carbonyl (C=O) groups excluding carboxylic acids is 1. The van der Waals surface area contributed by atoms with E-state index in [4.69, 9.17) is 4.74 Å². The fraction of sp³-hybridized carbons (Fsp3) is 0.533. The number of likely N-dealkylation sites (tertiary alicyclic amines) is 1. The average molecular weight is 326 g/mol. The first-order valence-corrected chi connectivity index (χ1v) is 7.61. The molecule has 1 aromatic rings. The number of ether oxygens (including phenoxy) is 1. The number of carbonyl (C=O) groups is 1. The third-order valence-corrected chi connectivity index (χ3v) is 3.91. The number of hydrogen-bond donors (Lipinski definition) is 0. The van der Waals surface area contributed by atoms with Crippen LogP contribution < -0.4 is 0 Å². The third kappa shape index (κ3) is 4.32. The minimum atomic E-state index is -0.0403. The summed E-state index contributed by atoms with van der Waals surface area (Å²) in [6, 6.07) is 8.33. The van der Waals surface area contributed by atoms with E-state index in [0.29, 0.717) is 6.61 Å². The molecule has 1 aromatic carbocycles. The quantitative estimate of drug-likeness (QED) is 0.796. The number of esters is 1. The van der Waals surface area contributed by atoms with Crippen LogP contribution in [0.15, 0.2) is 28.7 Å². The highest BCUT2D eigenvalue weighted by Gasteiger charge is 2.26. The fourth-order valence-electron chi connectivity index (χ4n) is 2.55. The summed E-state index contributed by atoms with van der Waals surface area (Å²) >= 11 is 3.49. The first-order valence-electron chi connectivity index (χ1n) is 6.82. The van der Waals surface area contributed by atoms with Crippen LogP contribution >= 0.6 is 15.9 Å². The maximum Gasteiger partial charge on any atom is 0.310 e. The van der Waals surface area contributed by atoms with Gasteiger partial charge in [-0.05, 0) is 44.0 Å². The summed E-state index contributed by atoms with van der Waals surface area (Å²) in [4.78, 5) is 14.1. The molecule has 1 fully saturated rings. The predicted molar refractivity (Wildman–Crippen MR) is 78.8 cm³/mol. The van der Waals surface area contributed by atoms with Gasteiger partial charge >= 0.3 is 5.97 Å². The summed E-state index contributed by atoms with van der Waals surface area (Å²) in [5.41, 5.74) is 1.28. The molecule has 4 heteroatoms. The van der Waals surface area contributed by atoms with Gasteiger partial charge in [0.15, 0.2) is 0 Å². The standard InChI is InChI=1S/C15H20BrNO2/c1-2-19-15(18)13-6-4-8-17(11-13)10-12-5-3-7-14(16)9-12/h3,5,7,9,13H,2,4,6,8,10-11H2,1H3/t13-/m1/s1. The van der Waals surface area contributed by atoms with Gasteiger partial charge in [-0.1, -0.05) is 28.1 Å². The van der Waals surface area contributed by atoms with Crippen LogP contribution in [0.2, 0.25) is 0 Å². The highest BCUT2D eigenvalue weighted by molar-refractivity contribution is 9.10. The monoisotopic (exact) mass is 325 g/mol. The molecule has 0 aliphatic carbocycles. The Hall–Kier alpha value is -0.870. The van der Waals surface area contributed by atoms with Gasteiger partial charge in [0.2, 0.25) is 0 Å². The van der Waals surface area contributed by atoms with Crippen LogP contribution in [-0.4, -0.2) is 30.6 Å². The number of benzene rings is 1. The van der Waals surface area contributed by atoms with Crippen LogP contribution in [0.5, 0.6) is 0 Å². The second-order valence-corrected chi connectivity index (χ2v) is 5.87. The molecular formula is C15H20BrNO2. The fourth-order valence-corrected chi connectivity index (χ4v) is 2.99. The van der Waals surface area contributed by atoms with Crippen molar-refractivity contribution in [1.82, 2.24) is 4.90 Å². The second-order valence-electron chi connectivity index (χ2n) is 4.96. The molecule has 0 saturated carbocycles. The molecule has 1 aliphatic heterocycles. The largest absolute Gasteiger partial charge is 0.466 e. The van der Waals surface area contributed by atoms with Crippen LogP contribution in [0, 0.1) is 5.92 Å². The van der Waals surface area contributed by atoms with Crippen molar-refractivity contribution in [1.29, 1.82) is 0 Å². The maximum atomic E-state index is 11.8. The SMILES string of the molecule is CCOC(=O)[C@@H]1CCCN(Cc2cccc(Br)c2)C1. The molecule has 3 nitrogen and oxygen atoms in total. The van der Waals surface area contributed by atoms with E-state index in [-0.39, 0.29) is 11.9 Å². The summed E-state index contributed by atoms with van der Waals surface area (Å²) in [5.74, 6) is 0.00213. The summed E-state index contributed by atoms with van der Waals surface area (Å²) in [6.45, 7) is 5.10. The van der Waals surface area contributed by atoms with Crippen LogP contribution in [-0.2, 0) is 16.1 Å². The van der Waals surface area contributed by atoms with E-state index in [1.54, 1.807) is 0 Å². The lowest BCUT2D eigenvalue weighted by Gasteiger charge is -2.31. The molecule has 0 spiro atoms. The van der Waals surface area contributed by atoms with E-state index in [9.17, 15) is 4.79 Å². The zero-order valence-corrected chi connectivity index (χ0v) is 12.9. The van der Waals surface area contributed by atoms with Crippen molar-refractivity contribution >= 4 is 21.9 Å². The number of nitrogens with zero attached hydrogens (tertiary/aromatic N) is 1. The van der Waals surface area contributed by atoms with Gasteiger partial charge in [0.05, 0.1) is 12.5 Å². The van der Waals surface area contributed by atoms with Gasteiger partial charge in [-0.3, -0.25) is 9.69 Å². The van der Waals surface area contributed by atoms with Crippen molar-refractivity contribution in [3.05, 3.63) is 34.3 Å². The lowest BCUT2D eigenvalue weighted by molar-refractivity contribution is -0.150. The first-order chi connectivity index (χ1) is 9.19. The van der Waals surface area contributed by atoms with Crippen LogP contribution in [0.1, 0.15) is 25.3 Å². The van der Waals surface area contributed by atoms with Crippen molar-refractivity contribution < 1.29 is 9.53 Å². The summed E-state index contributed by atoms with van der Waals surface area (Å²) in [7, 11) is 0. The molecule has 2 rings (SSSR count). The Bertz CT molecular complexity index is 436. The van der Waals surface area contributed by atoms with Crippen molar-refractivity contribution in [2.45, 2.75) is 26.3 Å². The molecule has 19 heavy (non-hydrogen) atoms. The predicted octanol–water partition coefficient (Wildman–Crippen LogP) is 3.22. The maximum absolute atomic E-state index is 11.8. The van der Waals surface area contributed by atoms with Gasteiger partial charge in [0, 0.05) is 17.6 Å². The molecule has 0 unspecified atom stereocenters. The Kier molecular flexibility index (Phi) is 5.40. The van der Waals surface area contributed by atoms with Gasteiger partial charge in [-0.2, -0.15) is 0 Å². The molecule has 104 valence electrons. The van der Waals surface area contributed by atoms with Gasteiger partial charge in [-0.25, -0.2) is 0 Å². The number of halogens is 1. The van der Waals surface area contributed by atoms with Gasteiger partial charge in [0.1, 0.15) is 0 Å². The minimum absolute atomic E-state index is 0.0403. The number of piperidine rings is 1. The van der Waals surface area contributed by atoms with Crippen molar-refractivity contribution in [3.63, 3.8) is 0 Å². The number of rotatable bonds is 4. The molecule has 1 aliphatic rings. The molecule has 1 atom stereocenters. The molecule has 0 radical (unpaired) electrons. The lowest BCUT2D eigenvalue weighted by atomic mass is 9.98. The topological polar surface area (TPSA) is 29.5 Å². The molecule has 1 saturated heterocycles. The van der Waals surface area contributed by atoms with E-state index in [2.05, 4.69) is 33.0 Å². The zero-order valence-electron chi connectivity index (χ0n) is 11.3. The van der Waals surface area contributed by atoms with Crippen LogP contribution in [0.4, 0.5) is 0 Å². The van der Waals surface area contributed by atoms with Gasteiger partial charge in [0.25, 0.3) is 0 Å². The van der Waals surface area contributed by atoms with Crippen molar-refractivity contribution in [2.75, 3.05) is 19.7 Å². The van der Waals surface area contributed by atoms with Crippen LogP contribution in [0.25, 0.3) is 0 Å². The smallest absolute Gasteiger partial charge is 0.310 e. The highest BCUT2D eigenvalue weighted by atomic mass is 79.9. The van der Waals surface area contributed by atoms with E-state index < -0.39 is 0 Å². The second kappa shape index (κ2) is 7.06. The van der Waals surface area contributed by atoms with E-state index in [1.165, 1.54) is 5.56 Å². The van der Waals surface area contributed by atoms with Crippen molar-refractivity contribution in [3.8, 4) is 0 Å². The average Bonchev–Trinajstić information content (AvgIpc) is 2.39. The molecule has 1 heterocycles. The van der Waals surface area contributed by atoms with Crippen LogP contribution in [0.3, 0.4) is 0 Å². The van der Waals surface area contributed by atoms with E-state index >= 15 is 0 Å². The Labute approximate surface area is 123 Å². The Morgan fingerprint density at radius 2 is 2.37 bits per heavy atom. The molecule has 0 N–H and O–H groups in total. The number of hydrogen-bond acceptors (Lipinski definition) is 3. The minimum Gasteiger partial charge on any atom is -0.466 e. The molecule has 0 aromatic heterocycles. The zero-order chi connectivity index (χ0) is 13.7. The van der Waals surface area contributed by atoms with E-state index in [0.717, 1.165) is 36.9 Å². The summed E-state index contributed by atoms with van der Waals surface area (Å²) in [6.07, 6.45) is 2.02. The van der Waals surface area contributed by atoms with Crippen molar-refractivity contribution in [2.24, 2.45) is 5.92 Å². The first kappa shape index (κ1) is 14.5. The van der Waals surface area contributed by atoms with Gasteiger partial charge in [-0.15, -0.1) is 0 Å². The molecular weight excluding hydrogens is 306 g/mol. The Morgan fingerprint density at radius 1 is 1.53 bits per heavy atom. The Balaban J connectivity index is 1.92. The normalized spacial score (nSPS) is 20.2. The summed E-state index contributed by atoms with van der Waals surface area (Å²) < 4.78 is 6.23. The van der Waals surface area contributed by atoms with E-state index in [1.807, 2.05) is 19.1 Å². The highest BCUT2D eigenvalue weighted by Crippen LogP contribution is 2.21. The summed E-state index contributed by atoms with van der Waals surface area (Å²) in [5, 5.41) is 0. The third-order valence-electron chi connectivity index (χ3n) is 3.42.